The van der Waals surface area contributed by atoms with Crippen LogP contribution in [0.25, 0.3) is 5.57 Å². The molecule has 1 aliphatic rings. The second kappa shape index (κ2) is 9.78. The molecule has 152 valence electrons. The Hall–Kier alpha value is -1.55. The quantitative estimate of drug-likeness (QED) is 0.572. The summed E-state index contributed by atoms with van der Waals surface area (Å²) in [5.41, 5.74) is 3.68. The molecular weight excluding hydrogens is 422 g/mol. The van der Waals surface area contributed by atoms with E-state index in [4.69, 9.17) is 33.9 Å². The van der Waals surface area contributed by atoms with Crippen molar-refractivity contribution in [1.29, 1.82) is 0 Å². The summed E-state index contributed by atoms with van der Waals surface area (Å²) in [5, 5.41) is 0.707. The van der Waals surface area contributed by atoms with Crippen LogP contribution < -0.4 is 4.74 Å². The Bertz CT molecular complexity index is 966. The van der Waals surface area contributed by atoms with Gasteiger partial charge in [-0.15, -0.1) is 0 Å². The molecule has 0 amide bonds. The maximum Gasteiger partial charge on any atom is 0.394 e. The Labute approximate surface area is 174 Å². The predicted octanol–water partition coefficient (Wildman–Crippen LogP) is 4.54. The summed E-state index contributed by atoms with van der Waals surface area (Å²) in [6, 6.07) is 12.4. The molecule has 0 saturated heterocycles. The van der Waals surface area contributed by atoms with Gasteiger partial charge in [-0.25, -0.2) is 0 Å². The minimum absolute atomic E-state index is 0.707. The molecular formula is C19H22ClNO5S2. The number of benzene rings is 2. The average Bonchev–Trinajstić information content (AvgIpc) is 2.59. The molecule has 0 spiro atoms. The van der Waals surface area contributed by atoms with Gasteiger partial charge < -0.3 is 9.64 Å². The Kier molecular flexibility index (Phi) is 7.94. The van der Waals surface area contributed by atoms with Gasteiger partial charge in [0.05, 0.1) is 12.0 Å². The van der Waals surface area contributed by atoms with E-state index in [2.05, 4.69) is 49.3 Å². The van der Waals surface area contributed by atoms with E-state index < -0.39 is 10.4 Å². The number of fused-ring (bicyclic) bond motifs is 2. The van der Waals surface area contributed by atoms with E-state index in [9.17, 15) is 0 Å². The van der Waals surface area contributed by atoms with Crippen molar-refractivity contribution in [2.24, 2.45) is 0 Å². The van der Waals surface area contributed by atoms with E-state index in [-0.39, 0.29) is 0 Å². The molecule has 0 saturated carbocycles. The largest absolute Gasteiger partial charge is 0.495 e. The van der Waals surface area contributed by atoms with Gasteiger partial charge in [0.2, 0.25) is 0 Å². The second-order valence-electron chi connectivity index (χ2n) is 6.24. The van der Waals surface area contributed by atoms with Crippen molar-refractivity contribution in [3.8, 4) is 5.75 Å². The molecule has 0 bridgehead atoms. The first-order chi connectivity index (χ1) is 13.1. The fraction of sp³-hybridized carbons (Fsp3) is 0.263. The zero-order chi connectivity index (χ0) is 20.9. The molecule has 3 rings (SSSR count). The molecule has 0 fully saturated rings. The van der Waals surface area contributed by atoms with Gasteiger partial charge in [-0.2, -0.15) is 8.42 Å². The van der Waals surface area contributed by atoms with Crippen LogP contribution in [0.2, 0.25) is 5.02 Å². The van der Waals surface area contributed by atoms with Gasteiger partial charge in [0, 0.05) is 22.0 Å². The summed E-state index contributed by atoms with van der Waals surface area (Å²) in [6.45, 7) is 1.02. The van der Waals surface area contributed by atoms with Crippen LogP contribution in [0.15, 0.2) is 52.3 Å². The zero-order valence-corrected chi connectivity index (χ0v) is 18.1. The molecule has 1 heterocycles. The lowest BCUT2D eigenvalue weighted by molar-refractivity contribution is 0.381. The summed E-state index contributed by atoms with van der Waals surface area (Å²) >= 11 is 8.06. The smallest absolute Gasteiger partial charge is 0.394 e. The molecule has 0 radical (unpaired) electrons. The number of halogens is 1. The highest BCUT2D eigenvalue weighted by Crippen LogP contribution is 2.50. The molecule has 2 aromatic carbocycles. The summed E-state index contributed by atoms with van der Waals surface area (Å²) in [7, 11) is 1.22. The first-order valence-corrected chi connectivity index (χ1v) is 10.9. The first-order valence-electron chi connectivity index (χ1n) is 8.30. The van der Waals surface area contributed by atoms with E-state index in [1.165, 1.54) is 16.0 Å². The third-order valence-electron chi connectivity index (χ3n) is 3.84. The van der Waals surface area contributed by atoms with Crippen LogP contribution in [-0.2, 0) is 10.4 Å². The third kappa shape index (κ3) is 6.51. The minimum atomic E-state index is -4.67. The SMILES string of the molecule is COc1cc(Cl)cc2c1Sc1ccccc1/C2=C/CCN(C)C.O=S(=O)(O)O. The normalized spacial score (nSPS) is 14.2. The van der Waals surface area contributed by atoms with Crippen LogP contribution in [0.4, 0.5) is 0 Å². The third-order valence-corrected chi connectivity index (χ3v) is 5.26. The van der Waals surface area contributed by atoms with Crippen LogP contribution in [0, 0.1) is 0 Å². The summed E-state index contributed by atoms with van der Waals surface area (Å²) in [4.78, 5) is 4.60. The Morgan fingerprint density at radius 1 is 1.18 bits per heavy atom. The van der Waals surface area contributed by atoms with Crippen LogP contribution in [0.1, 0.15) is 17.5 Å². The number of methoxy groups -OCH3 is 1. The van der Waals surface area contributed by atoms with Crippen LogP contribution in [0.3, 0.4) is 0 Å². The molecule has 2 aromatic rings. The fourth-order valence-electron chi connectivity index (χ4n) is 2.75. The monoisotopic (exact) mass is 443 g/mol. The Balaban J connectivity index is 0.000000500. The van der Waals surface area contributed by atoms with Gasteiger partial charge in [-0.3, -0.25) is 9.11 Å². The van der Waals surface area contributed by atoms with Crippen molar-refractivity contribution in [2.75, 3.05) is 27.7 Å². The summed E-state index contributed by atoms with van der Waals surface area (Å²) in [6.07, 6.45) is 3.31. The van der Waals surface area contributed by atoms with E-state index in [1.54, 1.807) is 18.9 Å². The van der Waals surface area contributed by atoms with Gasteiger partial charge >= 0.3 is 10.4 Å². The van der Waals surface area contributed by atoms with Crippen LogP contribution in [-0.4, -0.2) is 50.2 Å². The lowest BCUT2D eigenvalue weighted by atomic mass is 9.95. The average molecular weight is 444 g/mol. The second-order valence-corrected chi connectivity index (χ2v) is 8.62. The Morgan fingerprint density at radius 3 is 2.43 bits per heavy atom. The summed E-state index contributed by atoms with van der Waals surface area (Å²) in [5.74, 6) is 0.838. The highest BCUT2D eigenvalue weighted by molar-refractivity contribution is 7.99. The van der Waals surface area contributed by atoms with E-state index in [1.807, 2.05) is 12.1 Å². The first kappa shape index (κ1) is 22.7. The number of nitrogens with zero attached hydrogens (tertiary/aromatic N) is 1. The van der Waals surface area contributed by atoms with Crippen LogP contribution >= 0.6 is 23.4 Å². The highest BCUT2D eigenvalue weighted by Gasteiger charge is 2.24. The lowest BCUT2D eigenvalue weighted by Crippen LogP contribution is -2.12. The number of rotatable bonds is 4. The van der Waals surface area contributed by atoms with E-state index >= 15 is 0 Å². The van der Waals surface area contributed by atoms with E-state index in [0.717, 1.165) is 29.2 Å². The molecule has 0 atom stereocenters. The number of ether oxygens (including phenoxy) is 1. The molecule has 0 unspecified atom stereocenters. The van der Waals surface area contributed by atoms with Gasteiger partial charge in [0.25, 0.3) is 0 Å². The Morgan fingerprint density at radius 2 is 1.82 bits per heavy atom. The molecule has 1 aliphatic heterocycles. The fourth-order valence-corrected chi connectivity index (χ4v) is 4.13. The topological polar surface area (TPSA) is 87.1 Å². The lowest BCUT2D eigenvalue weighted by Gasteiger charge is -2.24. The number of hydrogen-bond acceptors (Lipinski definition) is 5. The van der Waals surface area contributed by atoms with Crippen molar-refractivity contribution in [3.05, 3.63) is 58.6 Å². The van der Waals surface area contributed by atoms with Gasteiger partial charge in [-0.05, 0) is 49.9 Å². The predicted molar refractivity (Wildman–Crippen MR) is 113 cm³/mol. The maximum atomic E-state index is 8.74. The molecule has 9 heteroatoms. The molecule has 2 N–H and O–H groups in total. The van der Waals surface area contributed by atoms with E-state index in [0.29, 0.717) is 5.02 Å². The number of hydrogen-bond donors (Lipinski definition) is 2. The van der Waals surface area contributed by atoms with Crippen LogP contribution in [0.5, 0.6) is 5.75 Å². The molecule has 28 heavy (non-hydrogen) atoms. The molecule has 6 nitrogen and oxygen atoms in total. The molecule has 0 aliphatic carbocycles. The maximum absolute atomic E-state index is 8.74. The van der Waals surface area contributed by atoms with Crippen molar-refractivity contribution in [1.82, 2.24) is 4.90 Å². The van der Waals surface area contributed by atoms with Crippen molar-refractivity contribution < 1.29 is 22.3 Å². The summed E-state index contributed by atoms with van der Waals surface area (Å²) < 4.78 is 37.1. The van der Waals surface area contributed by atoms with Gasteiger partial charge in [0.1, 0.15) is 5.75 Å². The minimum Gasteiger partial charge on any atom is -0.495 e. The standard InChI is InChI=1S/C19H20ClNOS.H2O4S/c1-21(2)10-6-8-14-15-7-4-5-9-18(15)23-19-16(14)11-13(20)12-17(19)22-3;1-5(2,3)4/h4-5,7-9,11-12H,6,10H2,1-3H3;(H2,1,2,3,4)/b14-8-;. The zero-order valence-electron chi connectivity index (χ0n) is 15.7. The van der Waals surface area contributed by atoms with Crippen molar-refractivity contribution >= 4 is 39.3 Å². The van der Waals surface area contributed by atoms with Gasteiger partial charge in [0.15, 0.2) is 0 Å². The van der Waals surface area contributed by atoms with Crippen molar-refractivity contribution in [3.63, 3.8) is 0 Å². The van der Waals surface area contributed by atoms with Gasteiger partial charge in [-0.1, -0.05) is 47.6 Å². The molecule has 0 aromatic heterocycles. The van der Waals surface area contributed by atoms with Crippen molar-refractivity contribution in [2.45, 2.75) is 16.2 Å². The highest BCUT2D eigenvalue weighted by atomic mass is 35.5.